The lowest BCUT2D eigenvalue weighted by Crippen LogP contribution is -2.26. The van der Waals surface area contributed by atoms with Crippen LogP contribution in [0.1, 0.15) is 45.1 Å². The van der Waals surface area contributed by atoms with Crippen molar-refractivity contribution in [3.8, 4) is 0 Å². The Bertz CT molecular complexity index is 379. The summed E-state index contributed by atoms with van der Waals surface area (Å²) in [5, 5.41) is 3.62. The number of hydrogen-bond donors (Lipinski definition) is 1. The number of nitrogens with one attached hydrogen (secondary N) is 1. The topological polar surface area (TPSA) is 12.0 Å². The summed E-state index contributed by atoms with van der Waals surface area (Å²) in [5.41, 5.74) is 1.13. The van der Waals surface area contributed by atoms with Crippen molar-refractivity contribution in [2.24, 2.45) is 11.8 Å². The van der Waals surface area contributed by atoms with E-state index >= 15 is 0 Å². The second-order valence-corrected chi connectivity index (χ2v) is 6.35. The van der Waals surface area contributed by atoms with Crippen LogP contribution in [0, 0.1) is 17.7 Å². The Hall–Kier alpha value is -0.890. The number of hydrogen-bond acceptors (Lipinski definition) is 1. The Labute approximate surface area is 116 Å². The summed E-state index contributed by atoms with van der Waals surface area (Å²) < 4.78 is 13.2. The van der Waals surface area contributed by atoms with Gasteiger partial charge < -0.3 is 5.32 Å². The normalized spacial score (nSPS) is 16.8. The Kier molecular flexibility index (Phi) is 5.38. The van der Waals surface area contributed by atoms with E-state index in [2.05, 4.69) is 19.2 Å². The highest BCUT2D eigenvalue weighted by Gasteiger charge is 2.22. The van der Waals surface area contributed by atoms with Crippen LogP contribution >= 0.6 is 0 Å². The van der Waals surface area contributed by atoms with Gasteiger partial charge >= 0.3 is 0 Å². The minimum atomic E-state index is -0.115. The summed E-state index contributed by atoms with van der Waals surface area (Å²) in [6.07, 6.45) is 6.14. The molecule has 1 aromatic carbocycles. The molecule has 0 aliphatic heterocycles. The molecule has 1 N–H and O–H groups in total. The van der Waals surface area contributed by atoms with Crippen molar-refractivity contribution >= 4 is 0 Å². The van der Waals surface area contributed by atoms with Crippen LogP contribution in [0.15, 0.2) is 24.3 Å². The van der Waals surface area contributed by atoms with Crippen molar-refractivity contribution in [3.05, 3.63) is 35.6 Å². The van der Waals surface area contributed by atoms with E-state index < -0.39 is 0 Å². The molecule has 0 spiro atoms. The van der Waals surface area contributed by atoms with Crippen molar-refractivity contribution in [1.82, 2.24) is 5.32 Å². The van der Waals surface area contributed by atoms with E-state index in [1.165, 1.54) is 31.7 Å². The van der Waals surface area contributed by atoms with Gasteiger partial charge in [-0.2, -0.15) is 0 Å². The molecule has 106 valence electrons. The lowest BCUT2D eigenvalue weighted by molar-refractivity contribution is 0.397. The molecular weight excluding hydrogens is 237 g/mol. The molecule has 0 amide bonds. The highest BCUT2D eigenvalue weighted by atomic mass is 19.1. The highest BCUT2D eigenvalue weighted by Crippen LogP contribution is 2.22. The van der Waals surface area contributed by atoms with Gasteiger partial charge in [0.1, 0.15) is 5.82 Å². The maximum atomic E-state index is 13.2. The first-order chi connectivity index (χ1) is 9.13. The van der Waals surface area contributed by atoms with Gasteiger partial charge in [-0.3, -0.25) is 0 Å². The number of halogens is 1. The Balaban J connectivity index is 1.86. The number of rotatable bonds is 8. The quantitative estimate of drug-likeness (QED) is 0.742. The van der Waals surface area contributed by atoms with Gasteiger partial charge in [0.15, 0.2) is 0 Å². The second kappa shape index (κ2) is 7.04. The smallest absolute Gasteiger partial charge is 0.123 e. The second-order valence-electron chi connectivity index (χ2n) is 6.35. The van der Waals surface area contributed by atoms with Crippen molar-refractivity contribution in [1.29, 1.82) is 0 Å². The van der Waals surface area contributed by atoms with Gasteiger partial charge in [-0.05, 0) is 61.8 Å². The van der Waals surface area contributed by atoms with Crippen LogP contribution in [0.2, 0.25) is 0 Å². The Morgan fingerprint density at radius 2 is 2.05 bits per heavy atom. The first kappa shape index (κ1) is 14.5. The van der Waals surface area contributed by atoms with Crippen molar-refractivity contribution in [2.45, 2.75) is 52.0 Å². The van der Waals surface area contributed by atoms with Crippen LogP contribution in [0.3, 0.4) is 0 Å². The van der Waals surface area contributed by atoms with Crippen LogP contribution in [-0.4, -0.2) is 12.6 Å². The van der Waals surface area contributed by atoms with Crippen LogP contribution < -0.4 is 5.32 Å². The molecule has 0 radical (unpaired) electrons. The van der Waals surface area contributed by atoms with Gasteiger partial charge in [-0.25, -0.2) is 4.39 Å². The molecule has 1 fully saturated rings. The molecule has 1 unspecified atom stereocenters. The van der Waals surface area contributed by atoms with Crippen molar-refractivity contribution < 1.29 is 4.39 Å². The minimum absolute atomic E-state index is 0.115. The fourth-order valence-corrected chi connectivity index (χ4v) is 2.46. The van der Waals surface area contributed by atoms with Crippen LogP contribution in [0.25, 0.3) is 0 Å². The molecule has 1 aromatic rings. The first-order valence-electron chi connectivity index (χ1n) is 7.61. The summed E-state index contributed by atoms with van der Waals surface area (Å²) in [6, 6.07) is 7.82. The molecule has 1 atom stereocenters. The lowest BCUT2D eigenvalue weighted by Gasteiger charge is -2.19. The SMILES string of the molecule is CC(C)CCC(CNC1CC1)Cc1cccc(F)c1. The molecule has 0 heterocycles. The van der Waals surface area contributed by atoms with E-state index in [-0.39, 0.29) is 5.82 Å². The molecule has 1 aliphatic rings. The zero-order valence-corrected chi connectivity index (χ0v) is 12.2. The van der Waals surface area contributed by atoms with Crippen LogP contribution in [0.5, 0.6) is 0 Å². The Morgan fingerprint density at radius 1 is 1.26 bits per heavy atom. The fraction of sp³-hybridized carbons (Fsp3) is 0.647. The summed E-state index contributed by atoms with van der Waals surface area (Å²) >= 11 is 0. The number of benzene rings is 1. The van der Waals surface area contributed by atoms with Crippen LogP contribution in [-0.2, 0) is 6.42 Å². The molecule has 1 saturated carbocycles. The molecule has 19 heavy (non-hydrogen) atoms. The largest absolute Gasteiger partial charge is 0.314 e. The minimum Gasteiger partial charge on any atom is -0.314 e. The van der Waals surface area contributed by atoms with Gasteiger partial charge in [0.25, 0.3) is 0 Å². The maximum absolute atomic E-state index is 13.2. The van der Waals surface area contributed by atoms with Gasteiger partial charge in [0, 0.05) is 6.04 Å². The molecule has 1 nitrogen and oxygen atoms in total. The predicted molar refractivity (Wildman–Crippen MR) is 78.7 cm³/mol. The molecule has 0 aromatic heterocycles. The zero-order valence-electron chi connectivity index (χ0n) is 12.2. The van der Waals surface area contributed by atoms with E-state index in [0.717, 1.165) is 30.5 Å². The van der Waals surface area contributed by atoms with E-state index in [9.17, 15) is 4.39 Å². The highest BCUT2D eigenvalue weighted by molar-refractivity contribution is 5.17. The third kappa shape index (κ3) is 5.73. The molecule has 0 bridgehead atoms. The summed E-state index contributed by atoms with van der Waals surface area (Å²) in [5.74, 6) is 1.26. The van der Waals surface area contributed by atoms with Crippen LogP contribution in [0.4, 0.5) is 4.39 Å². The van der Waals surface area contributed by atoms with Gasteiger partial charge in [0.05, 0.1) is 0 Å². The maximum Gasteiger partial charge on any atom is 0.123 e. The van der Waals surface area contributed by atoms with E-state index in [1.807, 2.05) is 12.1 Å². The monoisotopic (exact) mass is 263 g/mol. The average molecular weight is 263 g/mol. The predicted octanol–water partition coefficient (Wildman–Crippen LogP) is 4.17. The summed E-state index contributed by atoms with van der Waals surface area (Å²) in [7, 11) is 0. The molecule has 0 saturated heterocycles. The lowest BCUT2D eigenvalue weighted by atomic mass is 9.91. The van der Waals surface area contributed by atoms with E-state index in [0.29, 0.717) is 5.92 Å². The van der Waals surface area contributed by atoms with Crippen molar-refractivity contribution in [2.75, 3.05) is 6.54 Å². The van der Waals surface area contributed by atoms with E-state index in [4.69, 9.17) is 0 Å². The fourth-order valence-electron chi connectivity index (χ4n) is 2.46. The molecule has 1 aliphatic carbocycles. The standard InChI is InChI=1S/C17H26FN/c1-13(2)6-7-15(12-19-17-8-9-17)10-14-4-3-5-16(18)11-14/h3-5,11,13,15,17,19H,6-10,12H2,1-2H3. The third-order valence-electron chi connectivity index (χ3n) is 3.84. The molecular formula is C17H26FN. The molecule has 2 heteroatoms. The first-order valence-corrected chi connectivity index (χ1v) is 7.61. The summed E-state index contributed by atoms with van der Waals surface area (Å²) in [4.78, 5) is 0. The van der Waals surface area contributed by atoms with Gasteiger partial charge in [-0.1, -0.05) is 32.4 Å². The third-order valence-corrected chi connectivity index (χ3v) is 3.84. The Morgan fingerprint density at radius 3 is 2.68 bits per heavy atom. The zero-order chi connectivity index (χ0) is 13.7. The summed E-state index contributed by atoms with van der Waals surface area (Å²) in [6.45, 7) is 5.62. The molecule has 2 rings (SSSR count). The van der Waals surface area contributed by atoms with Gasteiger partial charge in [-0.15, -0.1) is 0 Å². The average Bonchev–Trinajstić information content (AvgIpc) is 3.16. The van der Waals surface area contributed by atoms with E-state index in [1.54, 1.807) is 6.07 Å². The van der Waals surface area contributed by atoms with Crippen molar-refractivity contribution in [3.63, 3.8) is 0 Å². The van der Waals surface area contributed by atoms with Gasteiger partial charge in [0.2, 0.25) is 0 Å².